The number of carbonyl (C=O) groups excluding carboxylic acids is 1. The summed E-state index contributed by atoms with van der Waals surface area (Å²) >= 11 is 7.66. The zero-order valence-electron chi connectivity index (χ0n) is 14.1. The van der Waals surface area contributed by atoms with Crippen LogP contribution in [0.15, 0.2) is 47.8 Å². The van der Waals surface area contributed by atoms with E-state index in [0.717, 1.165) is 36.6 Å². The van der Waals surface area contributed by atoms with Crippen molar-refractivity contribution in [3.05, 3.63) is 58.4 Å². The van der Waals surface area contributed by atoms with Gasteiger partial charge in [-0.2, -0.15) is 5.10 Å². The molecule has 1 amide bonds. The lowest BCUT2D eigenvalue weighted by Crippen LogP contribution is -2.38. The predicted molar refractivity (Wildman–Crippen MR) is 106 cm³/mol. The summed E-state index contributed by atoms with van der Waals surface area (Å²) in [5.74, 6) is 0.959. The highest BCUT2D eigenvalue weighted by atomic mass is 35.5. The molecule has 1 atom stereocenters. The van der Waals surface area contributed by atoms with Crippen molar-refractivity contribution in [2.24, 2.45) is 0 Å². The molecule has 3 heterocycles. The molecular weight excluding hydrogens is 368 g/mol. The zero-order valence-corrected chi connectivity index (χ0v) is 15.7. The largest absolute Gasteiger partial charge is 0.353 e. The van der Waals surface area contributed by atoms with Crippen molar-refractivity contribution in [1.82, 2.24) is 15.5 Å². The van der Waals surface area contributed by atoms with Gasteiger partial charge in [0.1, 0.15) is 0 Å². The molecule has 0 unspecified atom stereocenters. The Labute approximate surface area is 161 Å². The molecule has 1 saturated heterocycles. The number of hydrogen-bond acceptors (Lipinski definition) is 4. The van der Waals surface area contributed by atoms with E-state index in [1.54, 1.807) is 11.3 Å². The standard InChI is InChI=1S/C19H19ClN4OS/c20-14-4-1-3-13(9-14)10-19(25)21-15-6-7-24(12-15)18-11-16(22-23-18)17-5-2-8-26-17/h1-5,8-9,11,15H,6-7,10,12H2,(H,21,25)(H,22,23)/t15-/m1/s1. The molecule has 2 aromatic heterocycles. The molecule has 0 radical (unpaired) electrons. The molecule has 4 rings (SSSR count). The van der Waals surface area contributed by atoms with Crippen molar-refractivity contribution in [1.29, 1.82) is 0 Å². The Morgan fingerprint density at radius 3 is 3.08 bits per heavy atom. The number of aromatic amines is 1. The van der Waals surface area contributed by atoms with E-state index in [-0.39, 0.29) is 11.9 Å². The minimum absolute atomic E-state index is 0.0282. The zero-order chi connectivity index (χ0) is 17.9. The predicted octanol–water partition coefficient (Wildman–Crippen LogP) is 3.73. The summed E-state index contributed by atoms with van der Waals surface area (Å²) in [6, 6.07) is 13.7. The van der Waals surface area contributed by atoms with Crippen molar-refractivity contribution >= 4 is 34.7 Å². The highest BCUT2D eigenvalue weighted by Crippen LogP contribution is 2.27. The fourth-order valence-corrected chi connectivity index (χ4v) is 4.13. The number of benzene rings is 1. The Kier molecular flexibility index (Phi) is 4.95. The number of anilines is 1. The van der Waals surface area contributed by atoms with Gasteiger partial charge in [0.2, 0.25) is 5.91 Å². The number of carbonyl (C=O) groups is 1. The Bertz CT molecular complexity index is 893. The van der Waals surface area contributed by atoms with Gasteiger partial charge in [-0.25, -0.2) is 0 Å². The molecule has 1 aliphatic heterocycles. The molecule has 1 aliphatic rings. The molecule has 2 N–H and O–H groups in total. The highest BCUT2D eigenvalue weighted by Gasteiger charge is 2.25. The van der Waals surface area contributed by atoms with Crippen molar-refractivity contribution in [3.63, 3.8) is 0 Å². The molecular formula is C19H19ClN4OS. The fourth-order valence-electron chi connectivity index (χ4n) is 3.23. The van der Waals surface area contributed by atoms with Gasteiger partial charge in [0, 0.05) is 30.2 Å². The number of halogens is 1. The van der Waals surface area contributed by atoms with Crippen molar-refractivity contribution in [2.45, 2.75) is 18.9 Å². The number of hydrogen-bond donors (Lipinski definition) is 2. The number of rotatable bonds is 5. The van der Waals surface area contributed by atoms with Crippen LogP contribution < -0.4 is 10.2 Å². The number of H-pyrrole nitrogens is 1. The van der Waals surface area contributed by atoms with E-state index in [2.05, 4.69) is 37.9 Å². The molecule has 0 spiro atoms. The lowest BCUT2D eigenvalue weighted by Gasteiger charge is -2.16. The van der Waals surface area contributed by atoms with Crippen LogP contribution in [-0.4, -0.2) is 35.2 Å². The van der Waals surface area contributed by atoms with E-state index >= 15 is 0 Å². The molecule has 3 aromatic rings. The van der Waals surface area contributed by atoms with Gasteiger partial charge < -0.3 is 10.2 Å². The van der Waals surface area contributed by atoms with Crippen LogP contribution in [0, 0.1) is 0 Å². The van der Waals surface area contributed by atoms with Crippen LogP contribution in [0.2, 0.25) is 5.02 Å². The second-order valence-electron chi connectivity index (χ2n) is 6.42. The van der Waals surface area contributed by atoms with Crippen LogP contribution in [0.3, 0.4) is 0 Å². The normalized spacial score (nSPS) is 16.8. The van der Waals surface area contributed by atoms with E-state index in [1.807, 2.05) is 30.3 Å². The second-order valence-corrected chi connectivity index (χ2v) is 7.81. The fraction of sp³-hybridized carbons (Fsp3) is 0.263. The third kappa shape index (κ3) is 3.92. The van der Waals surface area contributed by atoms with Crippen LogP contribution >= 0.6 is 22.9 Å². The Morgan fingerprint density at radius 2 is 2.27 bits per heavy atom. The number of amides is 1. The van der Waals surface area contributed by atoms with E-state index < -0.39 is 0 Å². The Morgan fingerprint density at radius 1 is 1.35 bits per heavy atom. The van der Waals surface area contributed by atoms with Gasteiger partial charge in [0.15, 0.2) is 5.82 Å². The smallest absolute Gasteiger partial charge is 0.224 e. The summed E-state index contributed by atoms with van der Waals surface area (Å²) in [7, 11) is 0. The van der Waals surface area contributed by atoms with Gasteiger partial charge >= 0.3 is 0 Å². The first-order valence-electron chi connectivity index (χ1n) is 8.55. The van der Waals surface area contributed by atoms with Crippen molar-refractivity contribution < 1.29 is 4.79 Å². The van der Waals surface area contributed by atoms with Gasteiger partial charge in [0.05, 0.1) is 17.0 Å². The summed E-state index contributed by atoms with van der Waals surface area (Å²) in [5.41, 5.74) is 1.96. The lowest BCUT2D eigenvalue weighted by molar-refractivity contribution is -0.121. The second kappa shape index (κ2) is 7.51. The lowest BCUT2D eigenvalue weighted by atomic mass is 10.1. The number of nitrogens with one attached hydrogen (secondary N) is 2. The maximum atomic E-state index is 12.3. The summed E-state index contributed by atoms with van der Waals surface area (Å²) < 4.78 is 0. The van der Waals surface area contributed by atoms with Gasteiger partial charge in [-0.1, -0.05) is 29.8 Å². The van der Waals surface area contributed by atoms with Crippen LogP contribution in [0.25, 0.3) is 10.6 Å². The van der Waals surface area contributed by atoms with E-state index in [4.69, 9.17) is 11.6 Å². The summed E-state index contributed by atoms with van der Waals surface area (Å²) in [5, 5.41) is 13.4. The third-order valence-electron chi connectivity index (χ3n) is 4.48. The summed E-state index contributed by atoms with van der Waals surface area (Å²) in [6.07, 6.45) is 1.27. The topological polar surface area (TPSA) is 61.0 Å². The molecule has 134 valence electrons. The Balaban J connectivity index is 1.33. The molecule has 1 aromatic carbocycles. The van der Waals surface area contributed by atoms with Gasteiger partial charge in [0.25, 0.3) is 0 Å². The number of nitrogens with zero attached hydrogens (tertiary/aromatic N) is 2. The molecule has 1 fully saturated rings. The summed E-state index contributed by atoms with van der Waals surface area (Å²) in [6.45, 7) is 1.66. The third-order valence-corrected chi connectivity index (χ3v) is 5.62. The van der Waals surface area contributed by atoms with Crippen LogP contribution in [0.1, 0.15) is 12.0 Å². The average molecular weight is 387 g/mol. The molecule has 0 saturated carbocycles. The van der Waals surface area contributed by atoms with Crippen LogP contribution in [-0.2, 0) is 11.2 Å². The molecule has 7 heteroatoms. The van der Waals surface area contributed by atoms with Crippen LogP contribution in [0.4, 0.5) is 5.82 Å². The Hall–Kier alpha value is -2.31. The number of thiophene rings is 1. The van der Waals surface area contributed by atoms with Gasteiger partial charge in [-0.05, 0) is 35.6 Å². The maximum Gasteiger partial charge on any atom is 0.224 e. The van der Waals surface area contributed by atoms with Gasteiger partial charge in [-0.15, -0.1) is 11.3 Å². The monoisotopic (exact) mass is 386 g/mol. The molecule has 0 aliphatic carbocycles. The minimum Gasteiger partial charge on any atom is -0.353 e. The van der Waals surface area contributed by atoms with E-state index in [1.165, 1.54) is 4.88 Å². The molecule has 26 heavy (non-hydrogen) atoms. The molecule has 5 nitrogen and oxygen atoms in total. The van der Waals surface area contributed by atoms with E-state index in [9.17, 15) is 4.79 Å². The van der Waals surface area contributed by atoms with Crippen molar-refractivity contribution in [3.8, 4) is 10.6 Å². The minimum atomic E-state index is 0.0282. The average Bonchev–Trinajstić information content (AvgIpc) is 3.35. The summed E-state index contributed by atoms with van der Waals surface area (Å²) in [4.78, 5) is 15.7. The first-order chi connectivity index (χ1) is 12.7. The number of aromatic nitrogens is 2. The molecule has 0 bridgehead atoms. The van der Waals surface area contributed by atoms with Gasteiger partial charge in [-0.3, -0.25) is 9.89 Å². The SMILES string of the molecule is O=C(Cc1cccc(Cl)c1)N[C@@H]1CCN(c2cc(-c3cccs3)[nH]n2)C1. The maximum absolute atomic E-state index is 12.3. The van der Waals surface area contributed by atoms with Crippen molar-refractivity contribution in [2.75, 3.05) is 18.0 Å². The quantitative estimate of drug-likeness (QED) is 0.702. The highest BCUT2D eigenvalue weighted by molar-refractivity contribution is 7.13. The van der Waals surface area contributed by atoms with E-state index in [0.29, 0.717) is 11.4 Å². The van der Waals surface area contributed by atoms with Crippen LogP contribution in [0.5, 0.6) is 0 Å². The first-order valence-corrected chi connectivity index (χ1v) is 9.81. The first kappa shape index (κ1) is 17.1.